The van der Waals surface area contributed by atoms with Gasteiger partial charge in [-0.1, -0.05) is 0 Å². The lowest BCUT2D eigenvalue weighted by atomic mass is 9.97. The zero-order valence-electron chi connectivity index (χ0n) is 13.3. The standard InChI is InChI=1S/C14H23N3O4S/c1-10-13(21-11(2)16-10)4-7-15-14(18)12-5-8-17(9-6-12)22(3,19)20/h12H,4-9H2,1-3H3,(H,15,18). The Bertz CT molecular complexity index is 631. The van der Waals surface area contributed by atoms with Gasteiger partial charge in [0.15, 0.2) is 5.89 Å². The molecular weight excluding hydrogens is 306 g/mol. The highest BCUT2D eigenvalue weighted by Crippen LogP contribution is 2.19. The summed E-state index contributed by atoms with van der Waals surface area (Å²) >= 11 is 0. The molecule has 0 aliphatic carbocycles. The minimum atomic E-state index is -3.15. The number of piperidine rings is 1. The average molecular weight is 329 g/mol. The van der Waals surface area contributed by atoms with Crippen LogP contribution in [0.2, 0.25) is 0 Å². The summed E-state index contributed by atoms with van der Waals surface area (Å²) in [6.07, 6.45) is 2.95. The van der Waals surface area contributed by atoms with Crippen LogP contribution in [0.15, 0.2) is 4.42 Å². The van der Waals surface area contributed by atoms with E-state index in [9.17, 15) is 13.2 Å². The number of hydrogen-bond donors (Lipinski definition) is 1. The van der Waals surface area contributed by atoms with Crippen LogP contribution < -0.4 is 5.32 Å². The van der Waals surface area contributed by atoms with Crippen molar-refractivity contribution in [2.75, 3.05) is 25.9 Å². The molecule has 1 aromatic rings. The third kappa shape index (κ3) is 4.30. The molecule has 1 saturated heterocycles. The maximum atomic E-state index is 12.1. The fourth-order valence-corrected chi connectivity index (χ4v) is 3.57. The summed E-state index contributed by atoms with van der Waals surface area (Å²) in [5, 5.41) is 2.90. The Morgan fingerprint density at radius 2 is 2.00 bits per heavy atom. The topological polar surface area (TPSA) is 92.5 Å². The van der Waals surface area contributed by atoms with Crippen LogP contribution in [0.4, 0.5) is 0 Å². The van der Waals surface area contributed by atoms with Crippen molar-refractivity contribution in [3.8, 4) is 0 Å². The van der Waals surface area contributed by atoms with E-state index in [-0.39, 0.29) is 11.8 Å². The lowest BCUT2D eigenvalue weighted by Gasteiger charge is -2.29. The van der Waals surface area contributed by atoms with Gasteiger partial charge in [0.05, 0.1) is 11.9 Å². The minimum absolute atomic E-state index is 0.0120. The number of rotatable bonds is 5. The lowest BCUT2D eigenvalue weighted by molar-refractivity contribution is -0.126. The number of aromatic nitrogens is 1. The second kappa shape index (κ2) is 6.78. The van der Waals surface area contributed by atoms with E-state index in [1.165, 1.54) is 10.6 Å². The summed E-state index contributed by atoms with van der Waals surface area (Å²) in [6, 6.07) is 0. The molecule has 0 unspecified atom stereocenters. The zero-order chi connectivity index (χ0) is 16.3. The number of nitrogens with one attached hydrogen (secondary N) is 1. The molecule has 22 heavy (non-hydrogen) atoms. The van der Waals surface area contributed by atoms with Crippen molar-refractivity contribution in [1.29, 1.82) is 0 Å². The quantitative estimate of drug-likeness (QED) is 0.855. The smallest absolute Gasteiger partial charge is 0.223 e. The highest BCUT2D eigenvalue weighted by molar-refractivity contribution is 7.88. The van der Waals surface area contributed by atoms with E-state index < -0.39 is 10.0 Å². The SMILES string of the molecule is Cc1nc(C)c(CCNC(=O)C2CCN(S(C)(=O)=O)CC2)o1. The van der Waals surface area contributed by atoms with E-state index in [1.54, 1.807) is 6.92 Å². The van der Waals surface area contributed by atoms with E-state index >= 15 is 0 Å². The predicted octanol–water partition coefficient (Wildman–Crippen LogP) is 0.622. The molecule has 0 atom stereocenters. The van der Waals surface area contributed by atoms with Crippen LogP contribution in [0, 0.1) is 19.8 Å². The fraction of sp³-hybridized carbons (Fsp3) is 0.714. The van der Waals surface area contributed by atoms with Crippen molar-refractivity contribution >= 4 is 15.9 Å². The molecule has 2 rings (SSSR count). The maximum Gasteiger partial charge on any atom is 0.223 e. The van der Waals surface area contributed by atoms with Crippen LogP contribution in [0.3, 0.4) is 0 Å². The van der Waals surface area contributed by atoms with Crippen LogP contribution in [-0.2, 0) is 21.2 Å². The Kier molecular flexibility index (Phi) is 5.23. The molecule has 1 aliphatic heterocycles. The monoisotopic (exact) mass is 329 g/mol. The maximum absolute atomic E-state index is 12.1. The summed E-state index contributed by atoms with van der Waals surface area (Å²) in [5.41, 5.74) is 0.855. The second-order valence-corrected chi connectivity index (χ2v) is 7.70. The highest BCUT2D eigenvalue weighted by atomic mass is 32.2. The normalized spacial score (nSPS) is 17.6. The van der Waals surface area contributed by atoms with Gasteiger partial charge in [0.2, 0.25) is 15.9 Å². The number of carbonyl (C=O) groups excluding carboxylic acids is 1. The largest absolute Gasteiger partial charge is 0.446 e. The first-order valence-corrected chi connectivity index (χ1v) is 9.28. The van der Waals surface area contributed by atoms with Crippen LogP contribution in [-0.4, -0.2) is 49.5 Å². The molecule has 1 amide bonds. The predicted molar refractivity (Wildman–Crippen MR) is 81.8 cm³/mol. The number of aryl methyl sites for hydroxylation is 2. The van der Waals surface area contributed by atoms with Gasteiger partial charge in [-0.2, -0.15) is 0 Å². The van der Waals surface area contributed by atoms with Gasteiger partial charge in [0, 0.05) is 38.9 Å². The first kappa shape index (κ1) is 17.0. The van der Waals surface area contributed by atoms with Gasteiger partial charge in [-0.3, -0.25) is 4.79 Å². The third-order valence-electron chi connectivity index (χ3n) is 3.94. The van der Waals surface area contributed by atoms with E-state index in [2.05, 4.69) is 10.3 Å². The number of nitrogens with zero attached hydrogens (tertiary/aromatic N) is 2. The van der Waals surface area contributed by atoms with E-state index in [1.807, 2.05) is 6.92 Å². The summed E-state index contributed by atoms with van der Waals surface area (Å²) in [7, 11) is -3.15. The van der Waals surface area contributed by atoms with E-state index in [0.29, 0.717) is 44.8 Å². The van der Waals surface area contributed by atoms with Gasteiger partial charge in [-0.25, -0.2) is 17.7 Å². The van der Waals surface area contributed by atoms with E-state index in [0.717, 1.165) is 11.5 Å². The van der Waals surface area contributed by atoms with Gasteiger partial charge >= 0.3 is 0 Å². The van der Waals surface area contributed by atoms with Gasteiger partial charge in [0.1, 0.15) is 5.76 Å². The van der Waals surface area contributed by atoms with Crippen molar-refractivity contribution in [2.24, 2.45) is 5.92 Å². The number of hydrogen-bond acceptors (Lipinski definition) is 5. The average Bonchev–Trinajstić information content (AvgIpc) is 2.76. The molecule has 1 fully saturated rings. The number of oxazole rings is 1. The molecule has 7 nitrogen and oxygen atoms in total. The Labute approximate surface area is 131 Å². The first-order chi connectivity index (χ1) is 10.3. The summed E-state index contributed by atoms with van der Waals surface area (Å²) in [5.74, 6) is 1.30. The molecule has 8 heteroatoms. The minimum Gasteiger partial charge on any atom is -0.446 e. The molecular formula is C14H23N3O4S. The lowest BCUT2D eigenvalue weighted by Crippen LogP contribution is -2.42. The number of carbonyl (C=O) groups is 1. The van der Waals surface area contributed by atoms with Crippen molar-refractivity contribution in [3.05, 3.63) is 17.3 Å². The van der Waals surface area contributed by atoms with Gasteiger partial charge in [0.25, 0.3) is 0 Å². The van der Waals surface area contributed by atoms with E-state index in [4.69, 9.17) is 4.42 Å². The Morgan fingerprint density at radius 1 is 1.36 bits per heavy atom. The summed E-state index contributed by atoms with van der Waals surface area (Å²) < 4.78 is 29.8. The molecule has 0 bridgehead atoms. The molecule has 0 radical (unpaired) electrons. The summed E-state index contributed by atoms with van der Waals surface area (Å²) in [4.78, 5) is 16.3. The van der Waals surface area contributed by atoms with Crippen molar-refractivity contribution in [3.63, 3.8) is 0 Å². The van der Waals surface area contributed by atoms with Crippen molar-refractivity contribution < 1.29 is 17.6 Å². The molecule has 0 saturated carbocycles. The van der Waals surface area contributed by atoms with Gasteiger partial charge < -0.3 is 9.73 Å². The number of sulfonamides is 1. The van der Waals surface area contributed by atoms with Crippen LogP contribution in [0.1, 0.15) is 30.2 Å². The second-order valence-electron chi connectivity index (χ2n) is 5.72. The van der Waals surface area contributed by atoms with Crippen molar-refractivity contribution in [2.45, 2.75) is 33.1 Å². The highest BCUT2D eigenvalue weighted by Gasteiger charge is 2.28. The molecule has 0 aromatic carbocycles. The zero-order valence-corrected chi connectivity index (χ0v) is 14.1. The summed E-state index contributed by atoms with van der Waals surface area (Å²) in [6.45, 7) is 5.01. The Balaban J connectivity index is 1.76. The molecule has 1 aromatic heterocycles. The van der Waals surface area contributed by atoms with Crippen molar-refractivity contribution in [1.82, 2.24) is 14.6 Å². The fourth-order valence-electron chi connectivity index (χ4n) is 2.70. The molecule has 124 valence electrons. The molecule has 0 spiro atoms. The van der Waals surface area contributed by atoms with Crippen LogP contribution in [0.25, 0.3) is 0 Å². The number of amides is 1. The van der Waals surface area contributed by atoms with Crippen LogP contribution in [0.5, 0.6) is 0 Å². The first-order valence-electron chi connectivity index (χ1n) is 7.43. The Morgan fingerprint density at radius 3 is 2.50 bits per heavy atom. The van der Waals surface area contributed by atoms with Gasteiger partial charge in [-0.15, -0.1) is 0 Å². The third-order valence-corrected chi connectivity index (χ3v) is 5.25. The molecule has 1 aliphatic rings. The van der Waals surface area contributed by atoms with Gasteiger partial charge in [-0.05, 0) is 19.8 Å². The Hall–Kier alpha value is -1.41. The molecule has 1 N–H and O–H groups in total. The molecule has 2 heterocycles. The van der Waals surface area contributed by atoms with Crippen LogP contribution >= 0.6 is 0 Å².